The Balaban J connectivity index is 2.91. The highest BCUT2D eigenvalue weighted by atomic mass is 28.3. The zero-order valence-corrected chi connectivity index (χ0v) is 21.1. The zero-order chi connectivity index (χ0) is 20.2. The van der Waals surface area contributed by atoms with Crippen LogP contribution in [-0.4, -0.2) is 20.7 Å². The minimum absolute atomic E-state index is 1.22. The first-order valence-electron chi connectivity index (χ1n) is 11.0. The fourth-order valence-electron chi connectivity index (χ4n) is 4.39. The van der Waals surface area contributed by atoms with Crippen molar-refractivity contribution >= 4 is 26.7 Å². The summed E-state index contributed by atoms with van der Waals surface area (Å²) in [6, 6.07) is 11.2. The molecule has 0 aliphatic carbocycles. The largest absolute Gasteiger partial charge is 0.322 e. The zero-order valence-electron chi connectivity index (χ0n) is 19.1. The van der Waals surface area contributed by atoms with Gasteiger partial charge >= 0.3 is 0 Å². The molecule has 0 bridgehead atoms. The van der Waals surface area contributed by atoms with Crippen molar-refractivity contribution in [1.29, 1.82) is 0 Å². The van der Waals surface area contributed by atoms with Gasteiger partial charge in [0.05, 0.1) is 16.1 Å². The molecule has 0 radical (unpaired) electrons. The van der Waals surface area contributed by atoms with Crippen LogP contribution in [0.3, 0.4) is 0 Å². The van der Waals surface area contributed by atoms with Crippen LogP contribution >= 0.6 is 0 Å². The predicted octanol–water partition coefficient (Wildman–Crippen LogP) is 6.25. The van der Waals surface area contributed by atoms with Gasteiger partial charge in [-0.3, -0.25) is 0 Å². The molecule has 0 aliphatic heterocycles. The van der Waals surface area contributed by atoms with Gasteiger partial charge in [-0.25, -0.2) is 0 Å². The van der Waals surface area contributed by atoms with Crippen molar-refractivity contribution in [3.05, 3.63) is 41.6 Å². The number of aromatic nitrogens is 1. The highest BCUT2D eigenvalue weighted by Gasteiger charge is 2.35. The summed E-state index contributed by atoms with van der Waals surface area (Å²) >= 11 is 0. The smallest absolute Gasteiger partial charge is 0.0993 e. The second kappa shape index (κ2) is 8.96. The maximum atomic E-state index is 2.72. The van der Waals surface area contributed by atoms with Crippen LogP contribution in [0.4, 0.5) is 0 Å². The molecule has 150 valence electrons. The van der Waals surface area contributed by atoms with Gasteiger partial charge in [0.2, 0.25) is 0 Å². The minimum atomic E-state index is -1.50. The van der Waals surface area contributed by atoms with E-state index in [4.69, 9.17) is 0 Å². The first kappa shape index (κ1) is 22.2. The van der Waals surface area contributed by atoms with Gasteiger partial charge in [0, 0.05) is 16.7 Å². The summed E-state index contributed by atoms with van der Waals surface area (Å²) in [5.74, 6) is 0. The van der Waals surface area contributed by atoms with E-state index in [-0.39, 0.29) is 0 Å². The summed E-state index contributed by atoms with van der Waals surface area (Å²) in [5.41, 5.74) is 4.76. The molecule has 1 heterocycles. The van der Waals surface area contributed by atoms with Crippen molar-refractivity contribution in [1.82, 2.24) is 4.57 Å². The molecular formula is C24H41NSi2. The van der Waals surface area contributed by atoms with Crippen molar-refractivity contribution in [2.24, 2.45) is 0 Å². The Morgan fingerprint density at radius 3 is 1.78 bits per heavy atom. The average molecular weight is 400 g/mol. The topological polar surface area (TPSA) is 4.93 Å². The summed E-state index contributed by atoms with van der Waals surface area (Å²) in [5, 5.41) is 3.48. The van der Waals surface area contributed by atoms with E-state index >= 15 is 0 Å². The van der Waals surface area contributed by atoms with Gasteiger partial charge in [0.15, 0.2) is 0 Å². The number of hydrogen-bond donors (Lipinski definition) is 0. The fraction of sp³-hybridized carbons (Fsp3) is 0.583. The maximum absolute atomic E-state index is 2.72. The summed E-state index contributed by atoms with van der Waals surface area (Å²) < 4.78 is 2.72. The molecule has 3 heteroatoms. The van der Waals surface area contributed by atoms with Crippen LogP contribution in [0.1, 0.15) is 50.8 Å². The molecule has 1 aromatic carbocycles. The van der Waals surface area contributed by atoms with Gasteiger partial charge in [0.1, 0.15) is 0 Å². The lowest BCUT2D eigenvalue weighted by molar-refractivity contribution is 0.766. The van der Waals surface area contributed by atoms with Gasteiger partial charge in [-0.1, -0.05) is 84.2 Å². The van der Waals surface area contributed by atoms with Gasteiger partial charge in [-0.2, -0.15) is 0 Å². The van der Waals surface area contributed by atoms with Crippen molar-refractivity contribution in [2.45, 2.75) is 91.7 Å². The molecule has 0 saturated heterocycles. The first-order valence-corrected chi connectivity index (χ1v) is 18.0. The van der Waals surface area contributed by atoms with E-state index in [1.807, 2.05) is 0 Å². The average Bonchev–Trinajstić information content (AvgIpc) is 2.93. The van der Waals surface area contributed by atoms with E-state index < -0.39 is 16.1 Å². The van der Waals surface area contributed by atoms with E-state index in [9.17, 15) is 0 Å². The summed E-state index contributed by atoms with van der Waals surface area (Å²) in [7, 11) is -2.94. The Kier molecular flexibility index (Phi) is 7.37. The Morgan fingerprint density at radius 1 is 0.741 bits per heavy atom. The Bertz CT molecular complexity index is 730. The van der Waals surface area contributed by atoms with Crippen LogP contribution in [0.5, 0.6) is 0 Å². The van der Waals surface area contributed by atoms with Crippen molar-refractivity contribution < 1.29 is 0 Å². The second-order valence-corrected chi connectivity index (χ2v) is 20.0. The lowest BCUT2D eigenvalue weighted by Gasteiger charge is -2.24. The molecule has 0 saturated carbocycles. The molecule has 0 spiro atoms. The molecule has 27 heavy (non-hydrogen) atoms. The maximum Gasteiger partial charge on any atom is 0.0993 e. The molecule has 2 rings (SSSR count). The third-order valence-electron chi connectivity index (χ3n) is 5.39. The number of para-hydroxylation sites is 1. The lowest BCUT2D eigenvalue weighted by Crippen LogP contribution is -2.47. The summed E-state index contributed by atoms with van der Waals surface area (Å²) in [6.45, 7) is 19.9. The highest BCUT2D eigenvalue weighted by molar-refractivity contribution is 6.92. The molecule has 0 unspecified atom stereocenters. The van der Waals surface area contributed by atoms with E-state index in [1.54, 1.807) is 21.8 Å². The first-order chi connectivity index (χ1) is 12.6. The highest BCUT2D eigenvalue weighted by Crippen LogP contribution is 2.23. The molecule has 0 aliphatic rings. The van der Waals surface area contributed by atoms with Crippen molar-refractivity contribution in [3.8, 4) is 5.69 Å². The van der Waals surface area contributed by atoms with E-state index in [0.29, 0.717) is 0 Å². The minimum Gasteiger partial charge on any atom is -0.322 e. The number of hydrogen-bond acceptors (Lipinski definition) is 0. The fourth-order valence-corrected chi connectivity index (χ4v) is 8.85. The monoisotopic (exact) mass is 399 g/mol. The molecule has 0 fully saturated rings. The number of unbranched alkanes of at least 4 members (excludes halogenated alkanes) is 2. The molecular weight excluding hydrogens is 358 g/mol. The van der Waals surface area contributed by atoms with Crippen molar-refractivity contribution in [2.75, 3.05) is 0 Å². The van der Waals surface area contributed by atoms with Crippen LogP contribution < -0.4 is 10.5 Å². The van der Waals surface area contributed by atoms with Gasteiger partial charge < -0.3 is 4.57 Å². The Labute approximate surface area is 170 Å². The van der Waals surface area contributed by atoms with E-state index in [0.717, 1.165) is 0 Å². The standard InChI is InChI=1S/C24H41NSi2/c1-9-11-18-21-23(26(3,4)5)22(19-12-10-2)25(24(21)27(6,7)8)20-16-14-13-15-17-20/h13-17H,9-12,18-19H2,1-8H3. The normalized spacial score (nSPS) is 12.6. The van der Waals surface area contributed by atoms with Crippen LogP contribution in [0, 0.1) is 0 Å². The van der Waals surface area contributed by atoms with Crippen molar-refractivity contribution in [3.63, 3.8) is 0 Å². The third kappa shape index (κ3) is 5.06. The Hall–Kier alpha value is -1.07. The Morgan fingerprint density at radius 2 is 1.30 bits per heavy atom. The molecule has 0 N–H and O–H groups in total. The summed E-state index contributed by atoms with van der Waals surface area (Å²) in [4.78, 5) is 0. The van der Waals surface area contributed by atoms with E-state index in [2.05, 4.69) is 88.0 Å². The SMILES string of the molecule is CCCCc1c([Si](C)(C)C)c(CCCC)n(-c2ccccc2)c1[Si](C)(C)C. The van der Waals surface area contributed by atoms with Gasteiger partial charge in [-0.15, -0.1) is 0 Å². The molecule has 0 amide bonds. The number of rotatable bonds is 9. The number of nitrogens with zero attached hydrogens (tertiary/aromatic N) is 1. The molecule has 1 aromatic heterocycles. The van der Waals surface area contributed by atoms with Crippen LogP contribution in [-0.2, 0) is 12.8 Å². The lowest BCUT2D eigenvalue weighted by atomic mass is 10.1. The predicted molar refractivity (Wildman–Crippen MR) is 129 cm³/mol. The molecule has 0 atom stereocenters. The van der Waals surface area contributed by atoms with Crippen LogP contribution in [0.25, 0.3) is 5.69 Å². The molecule has 2 aromatic rings. The quantitative estimate of drug-likeness (QED) is 0.439. The molecule has 1 nitrogen and oxygen atoms in total. The second-order valence-electron chi connectivity index (χ2n) is 10.0. The van der Waals surface area contributed by atoms with E-state index in [1.165, 1.54) is 44.2 Å². The van der Waals surface area contributed by atoms with Crippen LogP contribution in [0.15, 0.2) is 30.3 Å². The third-order valence-corrected chi connectivity index (χ3v) is 9.43. The van der Waals surface area contributed by atoms with Gasteiger partial charge in [-0.05, 0) is 48.6 Å². The van der Waals surface area contributed by atoms with Gasteiger partial charge in [0.25, 0.3) is 0 Å². The summed E-state index contributed by atoms with van der Waals surface area (Å²) in [6.07, 6.45) is 7.60. The van der Waals surface area contributed by atoms with Crippen LogP contribution in [0.2, 0.25) is 39.3 Å². The number of benzene rings is 1.